The fraction of sp³-hybridized carbons (Fsp3) is 0.438. The van der Waals surface area contributed by atoms with Gasteiger partial charge in [-0.05, 0) is 25.0 Å². The molecule has 0 spiro atoms. The number of nitrogens with zero attached hydrogens (tertiary/aromatic N) is 3. The molecule has 1 N–H and O–H groups in total. The molecular formula is C16H21N3O3. The second kappa shape index (κ2) is 7.17. The van der Waals surface area contributed by atoms with Crippen molar-refractivity contribution in [1.29, 1.82) is 0 Å². The second-order valence-corrected chi connectivity index (χ2v) is 5.36. The number of aromatic nitrogens is 2. The fourth-order valence-electron chi connectivity index (χ4n) is 2.34. The van der Waals surface area contributed by atoms with E-state index in [9.17, 15) is 9.59 Å². The molecule has 22 heavy (non-hydrogen) atoms. The van der Waals surface area contributed by atoms with E-state index in [2.05, 4.69) is 4.98 Å². The first-order valence-electron chi connectivity index (χ1n) is 7.34. The van der Waals surface area contributed by atoms with Crippen LogP contribution in [0.3, 0.4) is 0 Å². The minimum Gasteiger partial charge on any atom is -0.396 e. The molecule has 0 radical (unpaired) electrons. The summed E-state index contributed by atoms with van der Waals surface area (Å²) in [5.41, 5.74) is 1.54. The van der Waals surface area contributed by atoms with Gasteiger partial charge in [0.2, 0.25) is 5.91 Å². The van der Waals surface area contributed by atoms with Crippen molar-refractivity contribution < 1.29 is 9.90 Å². The Bertz CT molecular complexity index is 724. The maximum atomic E-state index is 12.4. The van der Waals surface area contributed by atoms with Gasteiger partial charge in [-0.15, -0.1) is 0 Å². The van der Waals surface area contributed by atoms with Crippen molar-refractivity contribution in [2.24, 2.45) is 0 Å². The lowest BCUT2D eigenvalue weighted by atomic mass is 10.1. The summed E-state index contributed by atoms with van der Waals surface area (Å²) >= 11 is 0. The largest absolute Gasteiger partial charge is 0.396 e. The number of aryl methyl sites for hydroxylation is 2. The Balaban J connectivity index is 2.11. The minimum atomic E-state index is -0.125. The Kier molecular flexibility index (Phi) is 5.27. The van der Waals surface area contributed by atoms with Crippen LogP contribution in [0.4, 0.5) is 0 Å². The highest BCUT2D eigenvalue weighted by Gasteiger charge is 2.10. The quantitative estimate of drug-likeness (QED) is 0.861. The summed E-state index contributed by atoms with van der Waals surface area (Å²) in [7, 11) is 1.70. The van der Waals surface area contributed by atoms with Crippen molar-refractivity contribution in [1.82, 2.24) is 14.5 Å². The summed E-state index contributed by atoms with van der Waals surface area (Å²) in [5.74, 6) is -0.0512. The van der Waals surface area contributed by atoms with Gasteiger partial charge in [0, 0.05) is 33.2 Å². The van der Waals surface area contributed by atoms with Crippen LogP contribution in [-0.2, 0) is 11.3 Å². The maximum Gasteiger partial charge on any atom is 0.261 e. The molecule has 0 aliphatic carbocycles. The van der Waals surface area contributed by atoms with E-state index in [1.165, 1.54) is 10.9 Å². The summed E-state index contributed by atoms with van der Waals surface area (Å²) in [6, 6.07) is 5.50. The average molecular weight is 303 g/mol. The Morgan fingerprint density at radius 3 is 2.91 bits per heavy atom. The SMILES string of the molecule is Cc1cccc2c(=O)n(CCC(=O)N(C)CCCO)cnc12. The molecule has 1 aromatic carbocycles. The lowest BCUT2D eigenvalue weighted by Gasteiger charge is -2.16. The van der Waals surface area contributed by atoms with Crippen LogP contribution in [0.25, 0.3) is 10.9 Å². The summed E-state index contributed by atoms with van der Waals surface area (Å²) in [4.78, 5) is 30.2. The topological polar surface area (TPSA) is 75.4 Å². The van der Waals surface area contributed by atoms with Crippen LogP contribution in [0, 0.1) is 6.92 Å². The first-order chi connectivity index (χ1) is 10.5. The van der Waals surface area contributed by atoms with E-state index >= 15 is 0 Å². The number of amides is 1. The smallest absolute Gasteiger partial charge is 0.261 e. The highest BCUT2D eigenvalue weighted by molar-refractivity contribution is 5.80. The number of benzene rings is 1. The van der Waals surface area contributed by atoms with Crippen molar-refractivity contribution >= 4 is 16.8 Å². The van der Waals surface area contributed by atoms with E-state index in [-0.39, 0.29) is 24.5 Å². The molecule has 1 heterocycles. The van der Waals surface area contributed by atoms with Gasteiger partial charge in [0.05, 0.1) is 17.2 Å². The molecule has 1 amide bonds. The Morgan fingerprint density at radius 1 is 1.41 bits per heavy atom. The maximum absolute atomic E-state index is 12.4. The van der Waals surface area contributed by atoms with Gasteiger partial charge >= 0.3 is 0 Å². The van der Waals surface area contributed by atoms with Crippen LogP contribution in [0.5, 0.6) is 0 Å². The van der Waals surface area contributed by atoms with Gasteiger partial charge in [0.15, 0.2) is 0 Å². The number of fused-ring (bicyclic) bond motifs is 1. The molecule has 1 aromatic heterocycles. The first kappa shape index (κ1) is 16.2. The van der Waals surface area contributed by atoms with E-state index in [0.717, 1.165) is 5.56 Å². The van der Waals surface area contributed by atoms with Crippen molar-refractivity contribution in [3.63, 3.8) is 0 Å². The number of aliphatic hydroxyl groups excluding tert-OH is 1. The number of hydrogen-bond acceptors (Lipinski definition) is 4. The van der Waals surface area contributed by atoms with Crippen LogP contribution in [-0.4, -0.2) is 45.7 Å². The van der Waals surface area contributed by atoms with Gasteiger partial charge in [-0.3, -0.25) is 14.2 Å². The molecule has 0 bridgehead atoms. The van der Waals surface area contributed by atoms with Gasteiger partial charge < -0.3 is 10.0 Å². The number of rotatable bonds is 6. The highest BCUT2D eigenvalue weighted by atomic mass is 16.3. The van der Waals surface area contributed by atoms with Crippen molar-refractivity contribution in [3.8, 4) is 0 Å². The zero-order valence-electron chi connectivity index (χ0n) is 13.0. The van der Waals surface area contributed by atoms with Crippen LogP contribution < -0.4 is 5.56 Å². The van der Waals surface area contributed by atoms with Crippen LogP contribution in [0.1, 0.15) is 18.4 Å². The van der Waals surface area contributed by atoms with Gasteiger partial charge in [0.25, 0.3) is 5.56 Å². The van der Waals surface area contributed by atoms with E-state index in [4.69, 9.17) is 5.11 Å². The summed E-state index contributed by atoms with van der Waals surface area (Å²) < 4.78 is 1.47. The molecular weight excluding hydrogens is 282 g/mol. The molecule has 0 saturated carbocycles. The van der Waals surface area contributed by atoms with Gasteiger partial charge in [0.1, 0.15) is 0 Å². The molecule has 2 aromatic rings. The minimum absolute atomic E-state index is 0.0512. The molecule has 0 aliphatic rings. The normalized spacial score (nSPS) is 10.9. The molecule has 6 heteroatoms. The lowest BCUT2D eigenvalue weighted by Crippen LogP contribution is -2.30. The monoisotopic (exact) mass is 303 g/mol. The Labute approximate surface area is 129 Å². The van der Waals surface area contributed by atoms with Crippen molar-refractivity contribution in [2.75, 3.05) is 20.2 Å². The van der Waals surface area contributed by atoms with Crippen LogP contribution >= 0.6 is 0 Å². The zero-order chi connectivity index (χ0) is 16.1. The third-order valence-electron chi connectivity index (χ3n) is 3.70. The van der Waals surface area contributed by atoms with E-state index in [0.29, 0.717) is 30.4 Å². The summed E-state index contributed by atoms with van der Waals surface area (Å²) in [6.07, 6.45) is 2.29. The molecule has 6 nitrogen and oxygen atoms in total. The predicted molar refractivity (Wildman–Crippen MR) is 84.7 cm³/mol. The lowest BCUT2D eigenvalue weighted by molar-refractivity contribution is -0.130. The Hall–Kier alpha value is -2.21. The van der Waals surface area contributed by atoms with E-state index in [1.54, 1.807) is 18.0 Å². The van der Waals surface area contributed by atoms with Gasteiger partial charge in [-0.1, -0.05) is 12.1 Å². The average Bonchev–Trinajstić information content (AvgIpc) is 2.52. The van der Waals surface area contributed by atoms with Gasteiger partial charge in [-0.25, -0.2) is 4.98 Å². The molecule has 0 atom stereocenters. The van der Waals surface area contributed by atoms with Crippen LogP contribution in [0.15, 0.2) is 29.3 Å². The molecule has 0 saturated heterocycles. The molecule has 118 valence electrons. The van der Waals surface area contributed by atoms with Crippen molar-refractivity contribution in [2.45, 2.75) is 26.3 Å². The van der Waals surface area contributed by atoms with Crippen molar-refractivity contribution in [3.05, 3.63) is 40.4 Å². The fourth-order valence-corrected chi connectivity index (χ4v) is 2.34. The predicted octanol–water partition coefficient (Wildman–Crippen LogP) is 0.936. The number of aliphatic hydroxyl groups is 1. The van der Waals surface area contributed by atoms with Crippen LogP contribution in [0.2, 0.25) is 0 Å². The molecule has 2 rings (SSSR count). The summed E-state index contributed by atoms with van der Waals surface area (Å²) in [6.45, 7) is 2.79. The standard InChI is InChI=1S/C16H21N3O3/c1-12-5-3-6-13-15(12)17-11-19(16(13)22)9-7-14(21)18(2)8-4-10-20/h3,5-6,11,20H,4,7-10H2,1-2H3. The molecule has 0 aliphatic heterocycles. The summed E-state index contributed by atoms with van der Waals surface area (Å²) in [5, 5.41) is 9.35. The number of carbonyl (C=O) groups excluding carboxylic acids is 1. The molecule has 0 unspecified atom stereocenters. The molecule has 0 fully saturated rings. The van der Waals surface area contributed by atoms with E-state index in [1.807, 2.05) is 19.1 Å². The third-order valence-corrected chi connectivity index (χ3v) is 3.70. The number of hydrogen-bond donors (Lipinski definition) is 1. The van der Waals surface area contributed by atoms with Gasteiger partial charge in [-0.2, -0.15) is 0 Å². The number of carbonyl (C=O) groups is 1. The number of para-hydroxylation sites is 1. The first-order valence-corrected chi connectivity index (χ1v) is 7.34. The second-order valence-electron chi connectivity index (χ2n) is 5.36. The zero-order valence-corrected chi connectivity index (χ0v) is 13.0. The third kappa shape index (κ3) is 3.51. The highest BCUT2D eigenvalue weighted by Crippen LogP contribution is 2.11. The van der Waals surface area contributed by atoms with E-state index < -0.39 is 0 Å². The Morgan fingerprint density at radius 2 is 2.18 bits per heavy atom.